The zero-order valence-electron chi connectivity index (χ0n) is 11.7. The smallest absolute Gasteiger partial charge is 0.131 e. The normalized spacial score (nSPS) is 20.4. The lowest BCUT2D eigenvalue weighted by atomic mass is 10.2. The maximum absolute atomic E-state index is 5.50. The van der Waals surface area contributed by atoms with E-state index in [4.69, 9.17) is 4.74 Å². The lowest BCUT2D eigenvalue weighted by Gasteiger charge is -2.23. The SMILES string of the molecule is Cc1cc(CNC2CC2)cnc1N1CCCOCC1. The van der Waals surface area contributed by atoms with Crippen LogP contribution in [0.4, 0.5) is 5.82 Å². The number of nitrogens with zero attached hydrogens (tertiary/aromatic N) is 2. The van der Waals surface area contributed by atoms with E-state index >= 15 is 0 Å². The minimum Gasteiger partial charge on any atom is -0.380 e. The molecular weight excluding hydrogens is 238 g/mol. The number of aryl methyl sites for hydroxylation is 1. The molecule has 1 aromatic heterocycles. The van der Waals surface area contributed by atoms with Crippen molar-refractivity contribution in [3.05, 3.63) is 23.4 Å². The van der Waals surface area contributed by atoms with Gasteiger partial charge in [0.15, 0.2) is 0 Å². The van der Waals surface area contributed by atoms with Crippen LogP contribution in [0.1, 0.15) is 30.4 Å². The second-order valence-corrected chi connectivity index (χ2v) is 5.59. The predicted octanol–water partition coefficient (Wildman–Crippen LogP) is 1.87. The fourth-order valence-electron chi connectivity index (χ4n) is 2.56. The molecule has 4 heteroatoms. The topological polar surface area (TPSA) is 37.4 Å². The number of nitrogens with one attached hydrogen (secondary N) is 1. The number of rotatable bonds is 4. The molecule has 0 amide bonds. The summed E-state index contributed by atoms with van der Waals surface area (Å²) < 4.78 is 5.50. The molecule has 0 unspecified atom stereocenters. The van der Waals surface area contributed by atoms with E-state index in [1.807, 2.05) is 6.20 Å². The van der Waals surface area contributed by atoms with Crippen LogP contribution < -0.4 is 10.2 Å². The molecule has 4 nitrogen and oxygen atoms in total. The minimum atomic E-state index is 0.753. The quantitative estimate of drug-likeness (QED) is 0.898. The third-order valence-corrected chi connectivity index (χ3v) is 3.80. The summed E-state index contributed by atoms with van der Waals surface area (Å²) in [5.41, 5.74) is 2.57. The molecule has 1 aliphatic heterocycles. The molecular formula is C15H23N3O. The van der Waals surface area contributed by atoms with Crippen molar-refractivity contribution in [3.8, 4) is 0 Å². The Morgan fingerprint density at radius 3 is 3.05 bits per heavy atom. The fraction of sp³-hybridized carbons (Fsp3) is 0.667. The van der Waals surface area contributed by atoms with E-state index < -0.39 is 0 Å². The van der Waals surface area contributed by atoms with Crippen LogP contribution in [-0.4, -0.2) is 37.3 Å². The van der Waals surface area contributed by atoms with Gasteiger partial charge in [0.25, 0.3) is 0 Å². The average Bonchev–Trinajstić information content (AvgIpc) is 3.24. The van der Waals surface area contributed by atoms with Gasteiger partial charge in [-0.25, -0.2) is 4.98 Å². The Morgan fingerprint density at radius 2 is 2.26 bits per heavy atom. The molecule has 1 saturated heterocycles. The third-order valence-electron chi connectivity index (χ3n) is 3.80. The Bertz CT molecular complexity index is 423. The van der Waals surface area contributed by atoms with Gasteiger partial charge in [0.2, 0.25) is 0 Å². The maximum atomic E-state index is 5.50. The number of hydrogen-bond acceptors (Lipinski definition) is 4. The molecule has 2 heterocycles. The van der Waals surface area contributed by atoms with Gasteiger partial charge in [-0.15, -0.1) is 0 Å². The summed E-state index contributed by atoms with van der Waals surface area (Å²) >= 11 is 0. The van der Waals surface area contributed by atoms with E-state index in [-0.39, 0.29) is 0 Å². The number of pyridine rings is 1. The Labute approximate surface area is 115 Å². The molecule has 2 aliphatic rings. The van der Waals surface area contributed by atoms with Gasteiger partial charge in [-0.05, 0) is 43.4 Å². The standard InChI is InChI=1S/C15H23N3O/c1-12-9-13(10-16-14-3-4-14)11-17-15(12)18-5-2-7-19-8-6-18/h9,11,14,16H,2-8,10H2,1H3. The summed E-state index contributed by atoms with van der Waals surface area (Å²) in [6, 6.07) is 3.02. The van der Waals surface area contributed by atoms with E-state index in [1.165, 1.54) is 24.0 Å². The lowest BCUT2D eigenvalue weighted by molar-refractivity contribution is 0.152. The Balaban J connectivity index is 1.66. The number of hydrogen-bond donors (Lipinski definition) is 1. The van der Waals surface area contributed by atoms with E-state index in [2.05, 4.69) is 28.2 Å². The molecule has 104 valence electrons. The molecule has 0 radical (unpaired) electrons. The van der Waals surface area contributed by atoms with Crippen LogP contribution in [0.15, 0.2) is 12.3 Å². The van der Waals surface area contributed by atoms with Crippen molar-refractivity contribution in [2.45, 2.75) is 38.8 Å². The highest BCUT2D eigenvalue weighted by molar-refractivity contribution is 5.47. The van der Waals surface area contributed by atoms with E-state index in [0.717, 1.165) is 51.1 Å². The first kappa shape index (κ1) is 12.9. The molecule has 1 saturated carbocycles. The highest BCUT2D eigenvalue weighted by atomic mass is 16.5. The van der Waals surface area contributed by atoms with Crippen molar-refractivity contribution in [2.24, 2.45) is 0 Å². The number of anilines is 1. The molecule has 3 rings (SSSR count). The second kappa shape index (κ2) is 5.88. The van der Waals surface area contributed by atoms with E-state index in [1.54, 1.807) is 0 Å². The molecule has 0 bridgehead atoms. The van der Waals surface area contributed by atoms with Crippen LogP contribution in [0.3, 0.4) is 0 Å². The van der Waals surface area contributed by atoms with Gasteiger partial charge in [0.05, 0.1) is 6.61 Å². The zero-order valence-corrected chi connectivity index (χ0v) is 11.7. The van der Waals surface area contributed by atoms with Gasteiger partial charge in [-0.3, -0.25) is 0 Å². The van der Waals surface area contributed by atoms with Crippen LogP contribution >= 0.6 is 0 Å². The second-order valence-electron chi connectivity index (χ2n) is 5.59. The highest BCUT2D eigenvalue weighted by Gasteiger charge is 2.20. The Morgan fingerprint density at radius 1 is 1.37 bits per heavy atom. The number of ether oxygens (including phenoxy) is 1. The van der Waals surface area contributed by atoms with Crippen LogP contribution in [0.25, 0.3) is 0 Å². The first-order valence-electron chi connectivity index (χ1n) is 7.34. The summed E-state index contributed by atoms with van der Waals surface area (Å²) in [6.45, 7) is 6.79. The minimum absolute atomic E-state index is 0.753. The summed E-state index contributed by atoms with van der Waals surface area (Å²) in [6.07, 6.45) is 5.77. The van der Waals surface area contributed by atoms with Crippen LogP contribution in [-0.2, 0) is 11.3 Å². The molecule has 0 aromatic carbocycles. The van der Waals surface area contributed by atoms with Gasteiger partial charge in [0, 0.05) is 38.5 Å². The maximum Gasteiger partial charge on any atom is 0.131 e. The molecule has 1 N–H and O–H groups in total. The molecule has 0 atom stereocenters. The summed E-state index contributed by atoms with van der Waals surface area (Å²) in [7, 11) is 0. The zero-order chi connectivity index (χ0) is 13.1. The summed E-state index contributed by atoms with van der Waals surface area (Å²) in [4.78, 5) is 7.02. The van der Waals surface area contributed by atoms with Gasteiger partial charge < -0.3 is 15.0 Å². The molecule has 0 spiro atoms. The third kappa shape index (κ3) is 3.45. The van der Waals surface area contributed by atoms with Gasteiger partial charge >= 0.3 is 0 Å². The molecule has 1 aromatic rings. The number of aromatic nitrogens is 1. The molecule has 1 aliphatic carbocycles. The predicted molar refractivity (Wildman–Crippen MR) is 76.5 cm³/mol. The van der Waals surface area contributed by atoms with E-state index in [9.17, 15) is 0 Å². The van der Waals surface area contributed by atoms with Crippen molar-refractivity contribution < 1.29 is 4.74 Å². The highest BCUT2D eigenvalue weighted by Crippen LogP contribution is 2.21. The fourth-order valence-corrected chi connectivity index (χ4v) is 2.56. The van der Waals surface area contributed by atoms with Crippen LogP contribution in [0.5, 0.6) is 0 Å². The van der Waals surface area contributed by atoms with Crippen LogP contribution in [0, 0.1) is 6.92 Å². The largest absolute Gasteiger partial charge is 0.380 e. The van der Waals surface area contributed by atoms with E-state index in [0.29, 0.717) is 0 Å². The van der Waals surface area contributed by atoms with Crippen molar-refractivity contribution in [3.63, 3.8) is 0 Å². The Kier molecular flexibility index (Phi) is 3.99. The Hall–Kier alpha value is -1.13. The van der Waals surface area contributed by atoms with Crippen molar-refractivity contribution in [1.29, 1.82) is 0 Å². The average molecular weight is 261 g/mol. The molecule has 2 fully saturated rings. The summed E-state index contributed by atoms with van der Waals surface area (Å²) in [5.74, 6) is 1.13. The van der Waals surface area contributed by atoms with Gasteiger partial charge in [0.1, 0.15) is 5.82 Å². The van der Waals surface area contributed by atoms with Gasteiger partial charge in [-0.2, -0.15) is 0 Å². The first-order valence-corrected chi connectivity index (χ1v) is 7.34. The lowest BCUT2D eigenvalue weighted by Crippen LogP contribution is -2.27. The van der Waals surface area contributed by atoms with Crippen molar-refractivity contribution in [2.75, 3.05) is 31.2 Å². The van der Waals surface area contributed by atoms with Crippen molar-refractivity contribution in [1.82, 2.24) is 10.3 Å². The van der Waals surface area contributed by atoms with Crippen molar-refractivity contribution >= 4 is 5.82 Å². The first-order chi connectivity index (χ1) is 9.33. The van der Waals surface area contributed by atoms with Crippen LogP contribution in [0.2, 0.25) is 0 Å². The van der Waals surface area contributed by atoms with Gasteiger partial charge in [-0.1, -0.05) is 0 Å². The summed E-state index contributed by atoms with van der Waals surface area (Å²) in [5, 5.41) is 3.54. The molecule has 19 heavy (non-hydrogen) atoms. The monoisotopic (exact) mass is 261 g/mol.